The number of hydrogen-bond acceptors (Lipinski definition) is 4. The van der Waals surface area contributed by atoms with Crippen LogP contribution in [0.4, 0.5) is 0 Å². The molecule has 106 valence electrons. The Bertz CT molecular complexity index is 389. The van der Waals surface area contributed by atoms with Gasteiger partial charge in [0.1, 0.15) is 11.6 Å². The van der Waals surface area contributed by atoms with Crippen LogP contribution in [0, 0.1) is 0 Å². The molecule has 0 radical (unpaired) electrons. The van der Waals surface area contributed by atoms with E-state index >= 15 is 0 Å². The smallest absolute Gasteiger partial charge is 0.245 e. The first-order valence-electron chi connectivity index (χ1n) is 7.08. The molecule has 2 atom stereocenters. The maximum atomic E-state index is 12.5. The summed E-state index contributed by atoms with van der Waals surface area (Å²) in [6.07, 6.45) is 4.26. The molecule has 2 amide bonds. The molecule has 3 N–H and O–H groups in total. The third-order valence-corrected chi connectivity index (χ3v) is 4.22. The second-order valence-corrected chi connectivity index (χ2v) is 5.90. The average molecular weight is 267 g/mol. The molecular formula is C13H21N3O3. The van der Waals surface area contributed by atoms with E-state index in [-0.39, 0.29) is 24.5 Å². The lowest BCUT2D eigenvalue weighted by Crippen LogP contribution is -2.59. The van der Waals surface area contributed by atoms with Crippen LogP contribution in [0.2, 0.25) is 0 Å². The first kappa shape index (κ1) is 12.9. The monoisotopic (exact) mass is 267 g/mol. The van der Waals surface area contributed by atoms with Crippen LogP contribution in [-0.4, -0.2) is 54.1 Å². The van der Waals surface area contributed by atoms with Gasteiger partial charge in [0.15, 0.2) is 0 Å². The van der Waals surface area contributed by atoms with Gasteiger partial charge < -0.3 is 20.7 Å². The molecule has 2 aliphatic heterocycles. The summed E-state index contributed by atoms with van der Waals surface area (Å²) < 4.78 is 5.24. The van der Waals surface area contributed by atoms with Crippen molar-refractivity contribution in [3.05, 3.63) is 0 Å². The lowest BCUT2D eigenvalue weighted by molar-refractivity contribution is -0.142. The Balaban J connectivity index is 1.67. The fourth-order valence-corrected chi connectivity index (χ4v) is 2.84. The Kier molecular flexibility index (Phi) is 3.22. The van der Waals surface area contributed by atoms with Crippen LogP contribution < -0.4 is 11.1 Å². The summed E-state index contributed by atoms with van der Waals surface area (Å²) in [7, 11) is 0. The van der Waals surface area contributed by atoms with E-state index in [1.54, 1.807) is 4.90 Å². The van der Waals surface area contributed by atoms with E-state index in [0.29, 0.717) is 25.6 Å². The van der Waals surface area contributed by atoms with Crippen molar-refractivity contribution < 1.29 is 14.3 Å². The molecule has 6 heteroatoms. The summed E-state index contributed by atoms with van der Waals surface area (Å²) in [4.78, 5) is 26.3. The van der Waals surface area contributed by atoms with Crippen LogP contribution in [0.15, 0.2) is 0 Å². The highest BCUT2D eigenvalue weighted by Crippen LogP contribution is 2.26. The number of likely N-dealkylation sites (tertiary alicyclic amines) is 1. The molecule has 0 bridgehead atoms. The largest absolute Gasteiger partial charge is 0.379 e. The summed E-state index contributed by atoms with van der Waals surface area (Å²) in [6, 6.07) is -0.0131. The predicted octanol–water partition coefficient (Wildman–Crippen LogP) is -0.626. The van der Waals surface area contributed by atoms with Gasteiger partial charge in [-0.25, -0.2) is 0 Å². The maximum Gasteiger partial charge on any atom is 0.245 e. The fourth-order valence-electron chi connectivity index (χ4n) is 2.84. The summed E-state index contributed by atoms with van der Waals surface area (Å²) in [6.45, 7) is 1.41. The molecule has 1 saturated carbocycles. The van der Waals surface area contributed by atoms with Gasteiger partial charge in [-0.1, -0.05) is 0 Å². The number of nitrogens with two attached hydrogens (primary N) is 1. The van der Waals surface area contributed by atoms with Gasteiger partial charge in [-0.15, -0.1) is 0 Å². The van der Waals surface area contributed by atoms with Crippen LogP contribution in [0.3, 0.4) is 0 Å². The summed E-state index contributed by atoms with van der Waals surface area (Å²) in [5, 5.41) is 2.98. The van der Waals surface area contributed by atoms with Crippen molar-refractivity contribution >= 4 is 11.8 Å². The molecule has 2 unspecified atom stereocenters. The number of ether oxygens (including phenoxy) is 1. The maximum absolute atomic E-state index is 12.5. The number of rotatable bonds is 3. The van der Waals surface area contributed by atoms with Gasteiger partial charge in [-0.05, 0) is 32.1 Å². The molecule has 19 heavy (non-hydrogen) atoms. The van der Waals surface area contributed by atoms with E-state index in [1.807, 2.05) is 0 Å². The average Bonchev–Trinajstić information content (AvgIpc) is 2.92. The van der Waals surface area contributed by atoms with Crippen molar-refractivity contribution in [1.82, 2.24) is 10.2 Å². The minimum Gasteiger partial charge on any atom is -0.379 e. The molecule has 0 spiro atoms. The number of carbonyl (C=O) groups is 2. The highest BCUT2D eigenvalue weighted by atomic mass is 16.5. The molecule has 0 aromatic rings. The molecule has 2 saturated heterocycles. The lowest BCUT2D eigenvalue weighted by atomic mass is 9.98. The molecular weight excluding hydrogens is 246 g/mol. The number of amides is 2. The van der Waals surface area contributed by atoms with Crippen molar-refractivity contribution in [3.8, 4) is 0 Å². The molecule has 6 nitrogen and oxygen atoms in total. The minimum atomic E-state index is -0.928. The summed E-state index contributed by atoms with van der Waals surface area (Å²) in [5.74, 6) is -0.144. The van der Waals surface area contributed by atoms with E-state index < -0.39 is 5.54 Å². The zero-order valence-corrected chi connectivity index (χ0v) is 11.1. The van der Waals surface area contributed by atoms with Crippen molar-refractivity contribution in [3.63, 3.8) is 0 Å². The summed E-state index contributed by atoms with van der Waals surface area (Å²) in [5.41, 5.74) is 5.18. The van der Waals surface area contributed by atoms with Crippen LogP contribution in [0.25, 0.3) is 0 Å². The Morgan fingerprint density at radius 2 is 2.11 bits per heavy atom. The van der Waals surface area contributed by atoms with E-state index in [9.17, 15) is 9.59 Å². The first-order valence-corrected chi connectivity index (χ1v) is 7.08. The standard InChI is InChI=1S/C13H21N3O3/c14-13(5-7-19-8-13)12(18)16-6-1-2-10(16)11(17)15-9-3-4-9/h9-10H,1-8,14H2,(H,15,17). The predicted molar refractivity (Wildman–Crippen MR) is 68.3 cm³/mol. The van der Waals surface area contributed by atoms with E-state index in [4.69, 9.17) is 10.5 Å². The van der Waals surface area contributed by atoms with Gasteiger partial charge in [0.2, 0.25) is 11.8 Å². The SMILES string of the molecule is NC1(C(=O)N2CCCC2C(=O)NC2CC2)CCOC1. The number of hydrogen-bond donors (Lipinski definition) is 2. The van der Waals surface area contributed by atoms with E-state index in [1.165, 1.54) is 0 Å². The molecule has 1 aliphatic carbocycles. The van der Waals surface area contributed by atoms with Crippen LogP contribution in [-0.2, 0) is 14.3 Å². The Morgan fingerprint density at radius 3 is 2.74 bits per heavy atom. The van der Waals surface area contributed by atoms with Gasteiger partial charge in [0.05, 0.1) is 6.61 Å². The van der Waals surface area contributed by atoms with Crippen molar-refractivity contribution in [2.24, 2.45) is 5.73 Å². The highest BCUT2D eigenvalue weighted by Gasteiger charge is 2.46. The third-order valence-electron chi connectivity index (χ3n) is 4.22. The molecule has 3 fully saturated rings. The first-order chi connectivity index (χ1) is 9.10. The lowest BCUT2D eigenvalue weighted by Gasteiger charge is -2.31. The molecule has 3 rings (SSSR count). The molecule has 0 aromatic heterocycles. The topological polar surface area (TPSA) is 84.7 Å². The second-order valence-electron chi connectivity index (χ2n) is 5.90. The normalized spacial score (nSPS) is 34.6. The van der Waals surface area contributed by atoms with E-state index in [2.05, 4.69) is 5.32 Å². The number of nitrogens with one attached hydrogen (secondary N) is 1. The third kappa shape index (κ3) is 2.47. The van der Waals surface area contributed by atoms with Crippen LogP contribution >= 0.6 is 0 Å². The Morgan fingerprint density at radius 1 is 1.32 bits per heavy atom. The van der Waals surface area contributed by atoms with Gasteiger partial charge >= 0.3 is 0 Å². The molecule has 2 heterocycles. The fraction of sp³-hybridized carbons (Fsp3) is 0.846. The Hall–Kier alpha value is -1.14. The van der Waals surface area contributed by atoms with Crippen molar-refractivity contribution in [1.29, 1.82) is 0 Å². The number of carbonyl (C=O) groups excluding carboxylic acids is 2. The van der Waals surface area contributed by atoms with E-state index in [0.717, 1.165) is 25.7 Å². The Labute approximate surface area is 112 Å². The zero-order chi connectivity index (χ0) is 13.5. The van der Waals surface area contributed by atoms with Crippen molar-refractivity contribution in [2.45, 2.75) is 49.7 Å². The zero-order valence-electron chi connectivity index (χ0n) is 11.1. The van der Waals surface area contributed by atoms with Crippen LogP contribution in [0.1, 0.15) is 32.1 Å². The summed E-state index contributed by atoms with van der Waals surface area (Å²) >= 11 is 0. The quantitative estimate of drug-likeness (QED) is 0.713. The van der Waals surface area contributed by atoms with Gasteiger partial charge in [0, 0.05) is 19.2 Å². The van der Waals surface area contributed by atoms with Crippen molar-refractivity contribution in [2.75, 3.05) is 19.8 Å². The molecule has 3 aliphatic rings. The number of nitrogens with zero attached hydrogens (tertiary/aromatic N) is 1. The highest BCUT2D eigenvalue weighted by molar-refractivity contribution is 5.93. The van der Waals surface area contributed by atoms with Gasteiger partial charge in [0.25, 0.3) is 0 Å². The minimum absolute atomic E-state index is 0.0177. The van der Waals surface area contributed by atoms with Crippen LogP contribution in [0.5, 0.6) is 0 Å². The van der Waals surface area contributed by atoms with Gasteiger partial charge in [-0.2, -0.15) is 0 Å². The second kappa shape index (κ2) is 4.76. The van der Waals surface area contributed by atoms with Gasteiger partial charge in [-0.3, -0.25) is 9.59 Å². The molecule has 0 aromatic carbocycles.